The van der Waals surface area contributed by atoms with Gasteiger partial charge in [-0.05, 0) is 43.4 Å². The molecular weight excluding hydrogens is 212 g/mol. The number of benzene rings is 1. The van der Waals surface area contributed by atoms with Gasteiger partial charge in [0.05, 0.1) is 5.92 Å². The van der Waals surface area contributed by atoms with Crippen molar-refractivity contribution >= 4 is 5.97 Å². The molecule has 2 heterocycles. The SMILES string of the molecule is CCCC[C@@H]1CCCc2ccc(cc2)OC1=O. The highest BCUT2D eigenvalue weighted by Crippen LogP contribution is 2.23. The minimum absolute atomic E-state index is 0.0481. The summed E-state index contributed by atoms with van der Waals surface area (Å²) in [5.41, 5.74) is 1.33. The summed E-state index contributed by atoms with van der Waals surface area (Å²) in [4.78, 5) is 12.0. The molecule has 1 aromatic rings. The molecule has 2 heteroatoms. The lowest BCUT2D eigenvalue weighted by Gasteiger charge is -2.17. The quantitative estimate of drug-likeness (QED) is 0.586. The van der Waals surface area contributed by atoms with Gasteiger partial charge in [-0.3, -0.25) is 4.79 Å². The van der Waals surface area contributed by atoms with Gasteiger partial charge in [-0.15, -0.1) is 0 Å². The highest BCUT2D eigenvalue weighted by Gasteiger charge is 2.20. The van der Waals surface area contributed by atoms with Crippen LogP contribution in [-0.4, -0.2) is 5.97 Å². The molecule has 2 aliphatic rings. The zero-order valence-corrected chi connectivity index (χ0v) is 10.4. The molecule has 2 aliphatic heterocycles. The minimum atomic E-state index is -0.0481. The van der Waals surface area contributed by atoms with Gasteiger partial charge in [-0.2, -0.15) is 0 Å². The van der Waals surface area contributed by atoms with Crippen molar-refractivity contribution in [1.29, 1.82) is 0 Å². The van der Waals surface area contributed by atoms with E-state index in [1.165, 1.54) is 5.56 Å². The summed E-state index contributed by atoms with van der Waals surface area (Å²) in [6.45, 7) is 2.16. The Balaban J connectivity index is 2.09. The van der Waals surface area contributed by atoms with E-state index in [4.69, 9.17) is 4.74 Å². The van der Waals surface area contributed by atoms with Crippen LogP contribution in [0.3, 0.4) is 0 Å². The van der Waals surface area contributed by atoms with Gasteiger partial charge in [0.1, 0.15) is 5.75 Å². The third-order valence-electron chi connectivity index (χ3n) is 3.40. The van der Waals surface area contributed by atoms with Crippen LogP contribution in [-0.2, 0) is 11.2 Å². The standard InChI is InChI=1S/C15H20O2/c1-2-3-6-13-7-4-5-12-8-10-14(11-9-12)17-15(13)16/h8-11,13H,2-7H2,1H3/t13-/m1/s1. The van der Waals surface area contributed by atoms with Crippen LogP contribution in [0.4, 0.5) is 0 Å². The maximum atomic E-state index is 12.0. The molecular formula is C15H20O2. The summed E-state index contributed by atoms with van der Waals surface area (Å²) in [5.74, 6) is 0.722. The fraction of sp³-hybridized carbons (Fsp3) is 0.533. The van der Waals surface area contributed by atoms with Crippen molar-refractivity contribution in [2.75, 3.05) is 0 Å². The first-order valence-corrected chi connectivity index (χ1v) is 6.60. The summed E-state index contributed by atoms with van der Waals surface area (Å²) in [6.07, 6.45) is 6.30. The Morgan fingerprint density at radius 1 is 1.29 bits per heavy atom. The molecule has 1 aromatic carbocycles. The fourth-order valence-corrected chi connectivity index (χ4v) is 2.31. The molecule has 2 bridgehead atoms. The van der Waals surface area contributed by atoms with Crippen molar-refractivity contribution in [3.05, 3.63) is 29.8 Å². The summed E-state index contributed by atoms with van der Waals surface area (Å²) in [6, 6.07) is 7.90. The highest BCUT2D eigenvalue weighted by molar-refractivity contribution is 5.75. The number of hydrogen-bond donors (Lipinski definition) is 0. The second kappa shape index (κ2) is 5.85. The molecule has 92 valence electrons. The number of esters is 1. The van der Waals surface area contributed by atoms with Crippen LogP contribution in [0.5, 0.6) is 5.75 Å². The third-order valence-corrected chi connectivity index (χ3v) is 3.40. The topological polar surface area (TPSA) is 26.3 Å². The Hall–Kier alpha value is -1.31. The number of carbonyl (C=O) groups is 1. The van der Waals surface area contributed by atoms with Crippen LogP contribution in [0.1, 0.15) is 44.6 Å². The average Bonchev–Trinajstić information content (AvgIpc) is 2.35. The summed E-state index contributed by atoms with van der Waals surface area (Å²) in [7, 11) is 0. The maximum Gasteiger partial charge on any atom is 0.314 e. The highest BCUT2D eigenvalue weighted by atomic mass is 16.5. The van der Waals surface area contributed by atoms with Gasteiger partial charge < -0.3 is 4.74 Å². The van der Waals surface area contributed by atoms with Crippen molar-refractivity contribution in [2.45, 2.75) is 45.4 Å². The van der Waals surface area contributed by atoms with Crippen LogP contribution in [0.25, 0.3) is 0 Å². The van der Waals surface area contributed by atoms with E-state index >= 15 is 0 Å². The van der Waals surface area contributed by atoms with Gasteiger partial charge in [0.2, 0.25) is 0 Å². The minimum Gasteiger partial charge on any atom is -0.426 e. The maximum absolute atomic E-state index is 12.0. The first kappa shape index (κ1) is 12.2. The van der Waals surface area contributed by atoms with E-state index in [-0.39, 0.29) is 11.9 Å². The van der Waals surface area contributed by atoms with Crippen LogP contribution in [0, 0.1) is 5.92 Å². The van der Waals surface area contributed by atoms with E-state index in [1.54, 1.807) is 0 Å². The zero-order valence-electron chi connectivity index (χ0n) is 10.4. The second-order valence-corrected chi connectivity index (χ2v) is 4.80. The van der Waals surface area contributed by atoms with Gasteiger partial charge in [-0.1, -0.05) is 31.9 Å². The first-order valence-electron chi connectivity index (χ1n) is 6.60. The smallest absolute Gasteiger partial charge is 0.314 e. The number of hydrogen-bond acceptors (Lipinski definition) is 2. The molecule has 17 heavy (non-hydrogen) atoms. The predicted molar refractivity (Wildman–Crippen MR) is 68.0 cm³/mol. The Morgan fingerprint density at radius 2 is 2.06 bits per heavy atom. The largest absolute Gasteiger partial charge is 0.426 e. The summed E-state index contributed by atoms with van der Waals surface area (Å²) >= 11 is 0. The van der Waals surface area contributed by atoms with Crippen LogP contribution in [0.2, 0.25) is 0 Å². The number of carbonyl (C=O) groups excluding carboxylic acids is 1. The lowest BCUT2D eigenvalue weighted by atomic mass is 9.94. The lowest BCUT2D eigenvalue weighted by Crippen LogP contribution is -2.21. The van der Waals surface area contributed by atoms with Crippen molar-refractivity contribution in [1.82, 2.24) is 0 Å². The van der Waals surface area contributed by atoms with E-state index in [9.17, 15) is 4.79 Å². The molecule has 1 atom stereocenters. The van der Waals surface area contributed by atoms with E-state index in [1.807, 2.05) is 12.1 Å². The number of fused-ring (bicyclic) bond motifs is 7. The number of aryl methyl sites for hydroxylation is 1. The molecule has 0 aliphatic carbocycles. The lowest BCUT2D eigenvalue weighted by molar-refractivity contribution is -0.139. The van der Waals surface area contributed by atoms with Gasteiger partial charge in [0, 0.05) is 0 Å². The van der Waals surface area contributed by atoms with Gasteiger partial charge >= 0.3 is 5.97 Å². The average molecular weight is 232 g/mol. The van der Waals surface area contributed by atoms with Gasteiger partial charge in [0.25, 0.3) is 0 Å². The van der Waals surface area contributed by atoms with Crippen molar-refractivity contribution in [3.63, 3.8) is 0 Å². The zero-order chi connectivity index (χ0) is 12.1. The van der Waals surface area contributed by atoms with Crippen LogP contribution < -0.4 is 4.74 Å². The van der Waals surface area contributed by atoms with E-state index < -0.39 is 0 Å². The fourth-order valence-electron chi connectivity index (χ4n) is 2.31. The molecule has 2 nitrogen and oxygen atoms in total. The first-order chi connectivity index (χ1) is 8.29. The third kappa shape index (κ3) is 3.32. The molecule has 0 fully saturated rings. The van der Waals surface area contributed by atoms with E-state index in [0.717, 1.165) is 38.5 Å². The molecule has 3 rings (SSSR count). The van der Waals surface area contributed by atoms with Crippen molar-refractivity contribution in [2.24, 2.45) is 5.92 Å². The van der Waals surface area contributed by atoms with Crippen molar-refractivity contribution in [3.8, 4) is 5.75 Å². The molecule has 0 radical (unpaired) electrons. The molecule has 0 spiro atoms. The Bertz CT molecular complexity index is 367. The molecule has 0 N–H and O–H groups in total. The summed E-state index contributed by atoms with van der Waals surface area (Å²) < 4.78 is 5.41. The Labute approximate surface area is 103 Å². The molecule has 0 unspecified atom stereocenters. The predicted octanol–water partition coefficient (Wildman–Crippen LogP) is 3.73. The van der Waals surface area contributed by atoms with Gasteiger partial charge in [-0.25, -0.2) is 0 Å². The molecule has 0 aromatic heterocycles. The van der Waals surface area contributed by atoms with Crippen LogP contribution in [0.15, 0.2) is 24.3 Å². The Morgan fingerprint density at radius 3 is 2.76 bits per heavy atom. The number of rotatable bonds is 3. The number of ether oxygens (including phenoxy) is 1. The molecule has 0 amide bonds. The second-order valence-electron chi connectivity index (χ2n) is 4.80. The van der Waals surface area contributed by atoms with Gasteiger partial charge in [0.15, 0.2) is 0 Å². The van der Waals surface area contributed by atoms with E-state index in [0.29, 0.717) is 5.75 Å². The number of unbranched alkanes of at least 4 members (excludes halogenated alkanes) is 1. The normalized spacial score (nSPS) is 20.1. The van der Waals surface area contributed by atoms with E-state index in [2.05, 4.69) is 19.1 Å². The Kier molecular flexibility index (Phi) is 4.18. The summed E-state index contributed by atoms with van der Waals surface area (Å²) in [5, 5.41) is 0. The van der Waals surface area contributed by atoms with Crippen LogP contribution >= 0.6 is 0 Å². The molecule has 0 saturated carbocycles. The monoisotopic (exact) mass is 232 g/mol. The van der Waals surface area contributed by atoms with Crippen molar-refractivity contribution < 1.29 is 9.53 Å². The molecule has 0 saturated heterocycles.